The van der Waals surface area contributed by atoms with Crippen LogP contribution in [-0.2, 0) is 0 Å². The monoisotopic (exact) mass is 351 g/mol. The molecule has 1 fully saturated rings. The third-order valence-electron chi connectivity index (χ3n) is 3.29. The summed E-state index contributed by atoms with van der Waals surface area (Å²) in [6.45, 7) is -0.0222. The molecule has 0 aliphatic carbocycles. The van der Waals surface area contributed by atoms with Crippen LogP contribution >= 0.6 is 15.9 Å². The molecule has 1 amide bonds. The molecule has 1 aliphatic rings. The minimum atomic E-state index is -4.28. The number of carbonyl (C=O) groups excluding carboxylic acids is 1. The molecule has 0 aromatic carbocycles. The first kappa shape index (κ1) is 15.1. The summed E-state index contributed by atoms with van der Waals surface area (Å²) < 4.78 is 38.8. The molecule has 110 valence electrons. The Morgan fingerprint density at radius 2 is 2.20 bits per heavy atom. The number of hydrogen-bond donors (Lipinski definition) is 1. The fourth-order valence-electron chi connectivity index (χ4n) is 2.22. The van der Waals surface area contributed by atoms with Crippen molar-refractivity contribution in [2.75, 3.05) is 18.8 Å². The Balaban J connectivity index is 2.18. The van der Waals surface area contributed by atoms with Crippen LogP contribution in [0.25, 0.3) is 0 Å². The fraction of sp³-hybridized carbons (Fsp3) is 0.500. The van der Waals surface area contributed by atoms with Crippen molar-refractivity contribution in [3.63, 3.8) is 0 Å². The third-order valence-corrected chi connectivity index (χ3v) is 3.72. The zero-order valence-corrected chi connectivity index (χ0v) is 12.0. The highest BCUT2D eigenvalue weighted by Gasteiger charge is 2.42. The van der Waals surface area contributed by atoms with Crippen LogP contribution in [0.2, 0.25) is 0 Å². The van der Waals surface area contributed by atoms with Crippen molar-refractivity contribution in [3.05, 3.63) is 22.3 Å². The Labute approximate surface area is 122 Å². The summed E-state index contributed by atoms with van der Waals surface area (Å²) in [5.41, 5.74) is 5.74. The Morgan fingerprint density at radius 1 is 1.50 bits per heavy atom. The van der Waals surface area contributed by atoms with Crippen molar-refractivity contribution in [1.29, 1.82) is 0 Å². The third kappa shape index (κ3) is 3.23. The first-order valence-corrected chi connectivity index (χ1v) is 6.85. The zero-order valence-electron chi connectivity index (χ0n) is 10.5. The molecular formula is C12H13BrF3N3O. The first-order valence-electron chi connectivity index (χ1n) is 6.06. The summed E-state index contributed by atoms with van der Waals surface area (Å²) in [7, 11) is 0. The van der Waals surface area contributed by atoms with E-state index in [9.17, 15) is 18.0 Å². The Hall–Kier alpha value is -1.31. The van der Waals surface area contributed by atoms with Crippen LogP contribution in [0.15, 0.2) is 16.7 Å². The lowest BCUT2D eigenvalue weighted by molar-refractivity contribution is -0.184. The summed E-state index contributed by atoms with van der Waals surface area (Å²) in [5.74, 6) is -1.96. The fourth-order valence-corrected chi connectivity index (χ4v) is 2.55. The highest BCUT2D eigenvalue weighted by Crippen LogP contribution is 2.33. The molecule has 4 nitrogen and oxygen atoms in total. The number of nitrogens with two attached hydrogens (primary N) is 1. The van der Waals surface area contributed by atoms with E-state index in [4.69, 9.17) is 5.73 Å². The summed E-state index contributed by atoms with van der Waals surface area (Å²) >= 11 is 3.16. The molecule has 0 bridgehead atoms. The standard InChI is InChI=1S/C12H13BrF3N3O/c13-8-4-9(10(17)18-5-8)11(20)19-3-1-2-7(6-19)12(14,15)16/h4-5,7H,1-3,6H2,(H2,17,18). The Kier molecular flexibility index (Phi) is 4.22. The number of anilines is 1. The van der Waals surface area contributed by atoms with Crippen LogP contribution in [0.3, 0.4) is 0 Å². The number of pyridine rings is 1. The van der Waals surface area contributed by atoms with Gasteiger partial charge >= 0.3 is 6.18 Å². The SMILES string of the molecule is Nc1ncc(Br)cc1C(=O)N1CCCC(C(F)(F)F)C1. The number of nitrogens with zero attached hydrogens (tertiary/aromatic N) is 2. The van der Waals surface area contributed by atoms with E-state index in [1.807, 2.05) is 0 Å². The van der Waals surface area contributed by atoms with E-state index < -0.39 is 18.0 Å². The first-order chi connectivity index (χ1) is 9.29. The highest BCUT2D eigenvalue weighted by atomic mass is 79.9. The summed E-state index contributed by atoms with van der Waals surface area (Å²) in [6.07, 6.45) is -2.46. The quantitative estimate of drug-likeness (QED) is 0.846. The van der Waals surface area contributed by atoms with Gasteiger partial charge < -0.3 is 10.6 Å². The van der Waals surface area contributed by atoms with Gasteiger partial charge in [0.25, 0.3) is 5.91 Å². The van der Waals surface area contributed by atoms with E-state index in [2.05, 4.69) is 20.9 Å². The molecule has 1 aliphatic heterocycles. The van der Waals surface area contributed by atoms with Crippen LogP contribution in [0, 0.1) is 5.92 Å². The van der Waals surface area contributed by atoms with E-state index in [0.29, 0.717) is 17.4 Å². The molecule has 0 saturated carbocycles. The van der Waals surface area contributed by atoms with E-state index in [1.54, 1.807) is 0 Å². The lowest BCUT2D eigenvalue weighted by Gasteiger charge is -2.33. The van der Waals surface area contributed by atoms with Gasteiger partial charge in [-0.2, -0.15) is 13.2 Å². The molecule has 2 N–H and O–H groups in total. The van der Waals surface area contributed by atoms with E-state index >= 15 is 0 Å². The lowest BCUT2D eigenvalue weighted by atomic mass is 9.97. The number of carbonyl (C=O) groups is 1. The van der Waals surface area contributed by atoms with Gasteiger partial charge in [-0.25, -0.2) is 4.98 Å². The van der Waals surface area contributed by atoms with Crippen molar-refractivity contribution in [2.24, 2.45) is 5.92 Å². The second-order valence-electron chi connectivity index (χ2n) is 4.72. The van der Waals surface area contributed by atoms with E-state index in [0.717, 1.165) is 0 Å². The average Bonchev–Trinajstić information content (AvgIpc) is 2.40. The number of rotatable bonds is 1. The second-order valence-corrected chi connectivity index (χ2v) is 5.63. The summed E-state index contributed by atoms with van der Waals surface area (Å²) in [4.78, 5) is 17.3. The van der Waals surface area contributed by atoms with Gasteiger partial charge in [0.15, 0.2) is 0 Å². The minimum Gasteiger partial charge on any atom is -0.383 e. The van der Waals surface area contributed by atoms with E-state index in [-0.39, 0.29) is 24.3 Å². The normalized spacial score (nSPS) is 20.0. The van der Waals surface area contributed by atoms with Crippen molar-refractivity contribution >= 4 is 27.7 Å². The van der Waals surface area contributed by atoms with Crippen LogP contribution in [0.4, 0.5) is 19.0 Å². The molecule has 0 spiro atoms. The molecule has 20 heavy (non-hydrogen) atoms. The number of alkyl halides is 3. The highest BCUT2D eigenvalue weighted by molar-refractivity contribution is 9.10. The van der Waals surface area contributed by atoms with Crippen molar-refractivity contribution in [1.82, 2.24) is 9.88 Å². The van der Waals surface area contributed by atoms with Crippen molar-refractivity contribution < 1.29 is 18.0 Å². The number of aromatic nitrogens is 1. The molecule has 2 heterocycles. The summed E-state index contributed by atoms with van der Waals surface area (Å²) in [5, 5.41) is 0. The maximum atomic E-state index is 12.7. The Morgan fingerprint density at radius 3 is 2.85 bits per heavy atom. The molecule has 2 rings (SSSR count). The van der Waals surface area contributed by atoms with Gasteiger partial charge in [0, 0.05) is 23.8 Å². The largest absolute Gasteiger partial charge is 0.393 e. The van der Waals surface area contributed by atoms with Gasteiger partial charge in [0.2, 0.25) is 0 Å². The van der Waals surface area contributed by atoms with Crippen LogP contribution < -0.4 is 5.73 Å². The molecular weight excluding hydrogens is 339 g/mol. The van der Waals surface area contributed by atoms with Gasteiger partial charge in [-0.3, -0.25) is 4.79 Å². The molecule has 1 aromatic heterocycles. The molecule has 8 heteroatoms. The second kappa shape index (κ2) is 5.59. The smallest absolute Gasteiger partial charge is 0.383 e. The lowest BCUT2D eigenvalue weighted by Crippen LogP contribution is -2.44. The predicted octanol–water partition coefficient (Wildman–Crippen LogP) is 2.84. The minimum absolute atomic E-state index is 0.0207. The molecule has 0 radical (unpaired) electrons. The van der Waals surface area contributed by atoms with Crippen LogP contribution in [0.1, 0.15) is 23.2 Å². The van der Waals surface area contributed by atoms with Crippen LogP contribution in [0.5, 0.6) is 0 Å². The van der Waals surface area contributed by atoms with E-state index in [1.165, 1.54) is 17.2 Å². The summed E-state index contributed by atoms with van der Waals surface area (Å²) in [6, 6.07) is 1.47. The topological polar surface area (TPSA) is 59.2 Å². The maximum absolute atomic E-state index is 12.7. The number of amides is 1. The van der Waals surface area contributed by atoms with Crippen LogP contribution in [-0.4, -0.2) is 35.1 Å². The van der Waals surface area contributed by atoms with Gasteiger partial charge in [-0.15, -0.1) is 0 Å². The van der Waals surface area contributed by atoms with Crippen molar-refractivity contribution in [2.45, 2.75) is 19.0 Å². The molecule has 1 aromatic rings. The zero-order chi connectivity index (χ0) is 14.9. The number of hydrogen-bond acceptors (Lipinski definition) is 3. The molecule has 1 unspecified atom stereocenters. The Bertz CT molecular complexity index is 521. The van der Waals surface area contributed by atoms with Crippen molar-refractivity contribution in [3.8, 4) is 0 Å². The maximum Gasteiger partial charge on any atom is 0.393 e. The van der Waals surface area contributed by atoms with Gasteiger partial charge in [-0.1, -0.05) is 0 Å². The van der Waals surface area contributed by atoms with Gasteiger partial charge in [-0.05, 0) is 34.8 Å². The number of piperidine rings is 1. The van der Waals surface area contributed by atoms with Gasteiger partial charge in [0.05, 0.1) is 11.5 Å². The number of halogens is 4. The average molecular weight is 352 g/mol. The molecule has 1 saturated heterocycles. The predicted molar refractivity (Wildman–Crippen MR) is 71.0 cm³/mol. The van der Waals surface area contributed by atoms with Gasteiger partial charge in [0.1, 0.15) is 5.82 Å². The number of nitrogen functional groups attached to an aromatic ring is 1. The number of likely N-dealkylation sites (tertiary alicyclic amines) is 1. The molecule has 1 atom stereocenters.